The van der Waals surface area contributed by atoms with Crippen LogP contribution in [0.15, 0.2) is 30.3 Å². The van der Waals surface area contributed by atoms with Gasteiger partial charge >= 0.3 is 12.1 Å². The third-order valence-electron chi connectivity index (χ3n) is 3.72. The smallest absolute Gasteiger partial charge is 0.420 e. The van der Waals surface area contributed by atoms with Gasteiger partial charge in [0.15, 0.2) is 0 Å². The first-order chi connectivity index (χ1) is 11.2. The maximum atomic E-state index is 13.4. The number of thiocarbonyl (C=S) groups is 1. The molecule has 7 heteroatoms. The number of benzene rings is 2. The summed E-state index contributed by atoms with van der Waals surface area (Å²) >= 11 is 5.31. The SMILES string of the molecule is COc1ccc2c(C(=S)C(C)CC(=O)O)cccc2c1C(F)(F)F. The van der Waals surface area contributed by atoms with Crippen molar-refractivity contribution in [3.63, 3.8) is 0 Å². The predicted octanol–water partition coefficient (Wildman–Crippen LogP) is 4.70. The molecule has 2 rings (SSSR count). The van der Waals surface area contributed by atoms with Crippen LogP contribution in [0.1, 0.15) is 24.5 Å². The monoisotopic (exact) mass is 356 g/mol. The number of ether oxygens (including phenoxy) is 1. The number of carboxylic acids is 1. The van der Waals surface area contributed by atoms with Crippen molar-refractivity contribution in [2.24, 2.45) is 5.92 Å². The Morgan fingerprint density at radius 2 is 1.92 bits per heavy atom. The molecule has 2 aromatic rings. The molecule has 2 aromatic carbocycles. The fourth-order valence-electron chi connectivity index (χ4n) is 2.64. The molecule has 0 saturated heterocycles. The molecule has 0 fully saturated rings. The van der Waals surface area contributed by atoms with Gasteiger partial charge < -0.3 is 9.84 Å². The molecule has 1 unspecified atom stereocenters. The summed E-state index contributed by atoms with van der Waals surface area (Å²) in [6.07, 6.45) is -4.77. The first-order valence-electron chi connectivity index (χ1n) is 7.09. The quantitative estimate of drug-likeness (QED) is 0.623. The van der Waals surface area contributed by atoms with E-state index in [0.717, 1.165) is 0 Å². The maximum absolute atomic E-state index is 13.4. The highest BCUT2D eigenvalue weighted by Crippen LogP contribution is 2.42. The summed E-state index contributed by atoms with van der Waals surface area (Å²) in [6, 6.07) is 7.20. The number of aliphatic carboxylic acids is 1. The van der Waals surface area contributed by atoms with Crippen molar-refractivity contribution in [2.45, 2.75) is 19.5 Å². The minimum absolute atomic E-state index is 0.0239. The Bertz CT molecular complexity index is 800. The van der Waals surface area contributed by atoms with Crippen LogP contribution in [0.3, 0.4) is 0 Å². The van der Waals surface area contributed by atoms with Crippen molar-refractivity contribution in [1.82, 2.24) is 0 Å². The molecule has 1 atom stereocenters. The van der Waals surface area contributed by atoms with E-state index < -0.39 is 23.6 Å². The molecule has 0 radical (unpaired) electrons. The molecule has 3 nitrogen and oxygen atoms in total. The number of carboxylic acid groups (broad SMARTS) is 1. The van der Waals surface area contributed by atoms with Gasteiger partial charge in [-0.25, -0.2) is 0 Å². The minimum atomic E-state index is -4.59. The number of alkyl halides is 3. The van der Waals surface area contributed by atoms with E-state index in [0.29, 0.717) is 15.8 Å². The zero-order valence-corrected chi connectivity index (χ0v) is 13.8. The summed E-state index contributed by atoms with van der Waals surface area (Å²) in [7, 11) is 1.18. The number of hydrogen-bond donors (Lipinski definition) is 1. The van der Waals surface area contributed by atoms with Gasteiger partial charge in [0, 0.05) is 10.8 Å². The summed E-state index contributed by atoms with van der Waals surface area (Å²) in [5.74, 6) is -1.75. The summed E-state index contributed by atoms with van der Waals surface area (Å²) in [6.45, 7) is 1.64. The lowest BCUT2D eigenvalue weighted by Gasteiger charge is -2.18. The molecular weight excluding hydrogens is 341 g/mol. The van der Waals surface area contributed by atoms with Gasteiger partial charge in [0.25, 0.3) is 0 Å². The second-order valence-electron chi connectivity index (χ2n) is 5.40. The average Bonchev–Trinajstić information content (AvgIpc) is 2.50. The van der Waals surface area contributed by atoms with Gasteiger partial charge in [0.05, 0.1) is 13.5 Å². The molecule has 1 N–H and O–H groups in total. The molecule has 0 aliphatic carbocycles. The fraction of sp³-hybridized carbons (Fsp3) is 0.294. The van der Waals surface area contributed by atoms with E-state index in [9.17, 15) is 18.0 Å². The topological polar surface area (TPSA) is 46.5 Å². The predicted molar refractivity (Wildman–Crippen MR) is 88.6 cm³/mol. The van der Waals surface area contributed by atoms with Crippen molar-refractivity contribution < 1.29 is 27.8 Å². The number of halogens is 3. The fourth-order valence-corrected chi connectivity index (χ4v) is 2.90. The van der Waals surface area contributed by atoms with Crippen molar-refractivity contribution in [3.05, 3.63) is 41.5 Å². The van der Waals surface area contributed by atoms with Gasteiger partial charge in [0.1, 0.15) is 11.3 Å². The van der Waals surface area contributed by atoms with E-state index in [1.54, 1.807) is 13.0 Å². The van der Waals surface area contributed by atoms with E-state index in [-0.39, 0.29) is 17.6 Å². The van der Waals surface area contributed by atoms with Crippen LogP contribution in [0.5, 0.6) is 5.75 Å². The Balaban J connectivity index is 2.67. The number of rotatable bonds is 5. The molecule has 0 saturated carbocycles. The second-order valence-corrected chi connectivity index (χ2v) is 5.84. The number of carbonyl (C=O) groups is 1. The first kappa shape index (κ1) is 18.2. The molecule has 0 heterocycles. The first-order valence-corrected chi connectivity index (χ1v) is 7.50. The van der Waals surface area contributed by atoms with Crippen molar-refractivity contribution >= 4 is 33.8 Å². The average molecular weight is 356 g/mol. The third-order valence-corrected chi connectivity index (χ3v) is 4.34. The molecule has 0 aliphatic heterocycles. The van der Waals surface area contributed by atoms with Crippen molar-refractivity contribution in [1.29, 1.82) is 0 Å². The molecule has 0 amide bonds. The van der Waals surface area contributed by atoms with E-state index in [1.165, 1.54) is 31.4 Å². The third kappa shape index (κ3) is 3.51. The Kier molecular flexibility index (Phi) is 5.13. The Morgan fingerprint density at radius 3 is 2.46 bits per heavy atom. The lowest BCUT2D eigenvalue weighted by atomic mass is 9.92. The van der Waals surface area contributed by atoms with Crippen LogP contribution >= 0.6 is 12.2 Å². The second kappa shape index (κ2) is 6.76. The normalized spacial score (nSPS) is 12.9. The largest absolute Gasteiger partial charge is 0.496 e. The van der Waals surface area contributed by atoms with Crippen LogP contribution in [0.25, 0.3) is 10.8 Å². The highest BCUT2D eigenvalue weighted by atomic mass is 32.1. The van der Waals surface area contributed by atoms with E-state index in [2.05, 4.69) is 0 Å². The van der Waals surface area contributed by atoms with Gasteiger partial charge in [-0.05, 0) is 22.4 Å². The molecule has 128 valence electrons. The van der Waals surface area contributed by atoms with Crippen LogP contribution in [0, 0.1) is 5.92 Å². The minimum Gasteiger partial charge on any atom is -0.496 e. The molecule has 0 bridgehead atoms. The number of fused-ring (bicyclic) bond motifs is 1. The highest BCUT2D eigenvalue weighted by Gasteiger charge is 2.36. The van der Waals surface area contributed by atoms with Crippen molar-refractivity contribution in [3.8, 4) is 5.75 Å². The molecule has 24 heavy (non-hydrogen) atoms. The van der Waals surface area contributed by atoms with Crippen LogP contribution in [0.4, 0.5) is 13.2 Å². The summed E-state index contributed by atoms with van der Waals surface area (Å²) < 4.78 is 45.2. The van der Waals surface area contributed by atoms with Gasteiger partial charge in [0.2, 0.25) is 0 Å². The lowest BCUT2D eigenvalue weighted by molar-refractivity contribution is -0.138. The van der Waals surface area contributed by atoms with Crippen LogP contribution < -0.4 is 4.74 Å². The Labute approximate surface area is 142 Å². The standard InChI is InChI=1S/C17H15F3O3S/c1-9(8-14(21)22)16(24)12-5-3-4-11-10(12)6-7-13(23-2)15(11)17(18,19)20/h3-7,9H,8H2,1-2H3,(H,21,22). The summed E-state index contributed by atoms with van der Waals surface area (Å²) in [5, 5.41) is 9.19. The Hall–Kier alpha value is -2.15. The number of methoxy groups -OCH3 is 1. The van der Waals surface area contributed by atoms with Crippen LogP contribution in [0.2, 0.25) is 0 Å². The van der Waals surface area contributed by atoms with Gasteiger partial charge in [-0.3, -0.25) is 4.79 Å². The van der Waals surface area contributed by atoms with E-state index >= 15 is 0 Å². The van der Waals surface area contributed by atoms with Gasteiger partial charge in [-0.15, -0.1) is 0 Å². The zero-order valence-electron chi connectivity index (χ0n) is 13.0. The van der Waals surface area contributed by atoms with E-state index in [4.69, 9.17) is 22.1 Å². The molecule has 0 aromatic heterocycles. The maximum Gasteiger partial charge on any atom is 0.420 e. The molecule has 0 aliphatic rings. The zero-order chi connectivity index (χ0) is 18.1. The van der Waals surface area contributed by atoms with Gasteiger partial charge in [-0.1, -0.05) is 43.4 Å². The van der Waals surface area contributed by atoms with Gasteiger partial charge in [-0.2, -0.15) is 13.2 Å². The summed E-state index contributed by atoms with van der Waals surface area (Å²) in [5.41, 5.74) is -0.428. The summed E-state index contributed by atoms with van der Waals surface area (Å²) in [4.78, 5) is 11.2. The molecular formula is C17H15F3O3S. The van der Waals surface area contributed by atoms with E-state index in [1.807, 2.05) is 0 Å². The highest BCUT2D eigenvalue weighted by molar-refractivity contribution is 7.80. The lowest BCUT2D eigenvalue weighted by Crippen LogP contribution is -2.15. The molecule has 0 spiro atoms. The van der Waals surface area contributed by atoms with Crippen LogP contribution in [-0.2, 0) is 11.0 Å². The number of hydrogen-bond acceptors (Lipinski definition) is 3. The van der Waals surface area contributed by atoms with Crippen LogP contribution in [-0.4, -0.2) is 23.1 Å². The van der Waals surface area contributed by atoms with Crippen molar-refractivity contribution in [2.75, 3.05) is 7.11 Å². The Morgan fingerprint density at radius 1 is 1.25 bits per heavy atom.